The minimum absolute atomic E-state index is 0.189. The van der Waals surface area contributed by atoms with Gasteiger partial charge in [0.1, 0.15) is 0 Å². The average molecular weight is 442 g/mol. The molecule has 3 aliphatic rings. The van der Waals surface area contributed by atoms with Crippen molar-refractivity contribution in [1.29, 1.82) is 0 Å². The molecule has 1 N–H and O–H groups in total. The molecule has 0 spiro atoms. The third-order valence-electron chi connectivity index (χ3n) is 9.08. The van der Waals surface area contributed by atoms with E-state index in [0.29, 0.717) is 12.0 Å². The maximum atomic E-state index is 10.6. The predicted octanol–water partition coefficient (Wildman–Crippen LogP) is 7.68. The third kappa shape index (κ3) is 5.26. The third-order valence-corrected chi connectivity index (χ3v) is 9.08. The molecule has 3 nitrogen and oxygen atoms in total. The van der Waals surface area contributed by atoms with Crippen molar-refractivity contribution in [2.24, 2.45) is 11.8 Å². The van der Waals surface area contributed by atoms with E-state index in [4.69, 9.17) is 4.74 Å². The molecule has 0 bridgehead atoms. The first-order valence-electron chi connectivity index (χ1n) is 13.4. The van der Waals surface area contributed by atoms with Crippen molar-refractivity contribution in [1.82, 2.24) is 5.06 Å². The van der Waals surface area contributed by atoms with Gasteiger partial charge in [0, 0.05) is 17.7 Å². The lowest BCUT2D eigenvalue weighted by molar-refractivity contribution is -0.245. The highest BCUT2D eigenvalue weighted by molar-refractivity contribution is 5.29. The molecule has 3 fully saturated rings. The number of hydrogen-bond donors (Lipinski definition) is 1. The summed E-state index contributed by atoms with van der Waals surface area (Å²) in [6, 6.07) is 9.61. The van der Waals surface area contributed by atoms with Crippen LogP contribution in [0.1, 0.15) is 122 Å². The molecule has 4 rings (SSSR count). The largest absolute Gasteiger partial charge is 0.379 e. The van der Waals surface area contributed by atoms with Crippen LogP contribution in [0.4, 0.5) is 0 Å². The molecule has 0 aromatic heterocycles. The van der Waals surface area contributed by atoms with Crippen molar-refractivity contribution in [3.05, 3.63) is 35.4 Å². The van der Waals surface area contributed by atoms with Crippen molar-refractivity contribution in [2.75, 3.05) is 6.61 Å². The highest BCUT2D eigenvalue weighted by atomic mass is 16.5. The van der Waals surface area contributed by atoms with E-state index in [0.717, 1.165) is 37.2 Å². The fourth-order valence-electron chi connectivity index (χ4n) is 7.43. The van der Waals surface area contributed by atoms with E-state index in [1.807, 2.05) is 0 Å². The lowest BCUT2D eigenvalue weighted by Crippen LogP contribution is -2.58. The summed E-state index contributed by atoms with van der Waals surface area (Å²) in [7, 11) is 0. The molecule has 180 valence electrons. The van der Waals surface area contributed by atoms with Crippen LogP contribution in [0, 0.1) is 11.8 Å². The molecule has 1 aliphatic heterocycles. The maximum Gasteiger partial charge on any atom is 0.0575 e. The monoisotopic (exact) mass is 441 g/mol. The molecule has 3 heteroatoms. The second-order valence-corrected chi connectivity index (χ2v) is 12.3. The number of hydroxylamine groups is 2. The first kappa shape index (κ1) is 24.2. The van der Waals surface area contributed by atoms with Crippen LogP contribution in [0.2, 0.25) is 0 Å². The Bertz CT molecular complexity index is 706. The van der Waals surface area contributed by atoms with Crippen LogP contribution in [0.5, 0.6) is 0 Å². The molecule has 0 amide bonds. The number of piperidine rings is 1. The van der Waals surface area contributed by atoms with E-state index >= 15 is 0 Å². The van der Waals surface area contributed by atoms with E-state index in [1.165, 1.54) is 56.9 Å². The van der Waals surface area contributed by atoms with Gasteiger partial charge in [-0.3, -0.25) is 0 Å². The molecule has 0 radical (unpaired) electrons. The van der Waals surface area contributed by atoms with Gasteiger partial charge in [0.15, 0.2) is 0 Å². The quantitative estimate of drug-likeness (QED) is 0.508. The van der Waals surface area contributed by atoms with Crippen LogP contribution >= 0.6 is 0 Å². The fourth-order valence-corrected chi connectivity index (χ4v) is 7.43. The SMILES string of the molecule is CCOC1CCC(C2CCC(c3ccc(C4CC(C)(C)N(O)C(C)(C)C4)cc3)CC2)CC1. The van der Waals surface area contributed by atoms with Crippen molar-refractivity contribution in [3.8, 4) is 0 Å². The van der Waals surface area contributed by atoms with Gasteiger partial charge in [-0.05, 0) is 134 Å². The van der Waals surface area contributed by atoms with Crippen molar-refractivity contribution < 1.29 is 9.94 Å². The van der Waals surface area contributed by atoms with Crippen LogP contribution in [0.15, 0.2) is 24.3 Å². The zero-order valence-corrected chi connectivity index (χ0v) is 21.3. The molecule has 1 aromatic carbocycles. The summed E-state index contributed by atoms with van der Waals surface area (Å²) in [5.74, 6) is 3.15. The minimum atomic E-state index is -0.189. The number of ether oxygens (including phenoxy) is 1. The topological polar surface area (TPSA) is 32.7 Å². The van der Waals surface area contributed by atoms with E-state index in [1.54, 1.807) is 10.6 Å². The summed E-state index contributed by atoms with van der Waals surface area (Å²) in [6.45, 7) is 11.6. The van der Waals surface area contributed by atoms with Gasteiger partial charge in [-0.15, -0.1) is 0 Å². The number of rotatable bonds is 5. The molecular weight excluding hydrogens is 394 g/mol. The molecule has 2 aliphatic carbocycles. The minimum Gasteiger partial charge on any atom is -0.379 e. The molecule has 2 saturated carbocycles. The summed E-state index contributed by atoms with van der Waals surface area (Å²) in [4.78, 5) is 0. The van der Waals surface area contributed by atoms with Gasteiger partial charge >= 0.3 is 0 Å². The molecule has 32 heavy (non-hydrogen) atoms. The van der Waals surface area contributed by atoms with Crippen LogP contribution in [-0.4, -0.2) is 34.1 Å². The van der Waals surface area contributed by atoms with Crippen molar-refractivity contribution >= 4 is 0 Å². The normalized spacial score (nSPS) is 33.8. The molecule has 1 saturated heterocycles. The van der Waals surface area contributed by atoms with Crippen LogP contribution in [-0.2, 0) is 4.74 Å². The average Bonchev–Trinajstić information content (AvgIpc) is 2.78. The van der Waals surface area contributed by atoms with Crippen LogP contribution in [0.3, 0.4) is 0 Å². The Morgan fingerprint density at radius 2 is 1.19 bits per heavy atom. The Balaban J connectivity index is 1.31. The summed E-state index contributed by atoms with van der Waals surface area (Å²) >= 11 is 0. The molecule has 0 atom stereocenters. The maximum absolute atomic E-state index is 10.6. The molecule has 1 aromatic rings. The van der Waals surface area contributed by atoms with E-state index in [-0.39, 0.29) is 11.1 Å². The van der Waals surface area contributed by atoms with Gasteiger partial charge < -0.3 is 9.94 Å². The summed E-state index contributed by atoms with van der Waals surface area (Å²) in [6.07, 6.45) is 13.4. The summed E-state index contributed by atoms with van der Waals surface area (Å²) in [5.41, 5.74) is 2.62. The predicted molar refractivity (Wildman–Crippen MR) is 132 cm³/mol. The number of nitrogens with zero attached hydrogens (tertiary/aromatic N) is 1. The Labute approximate surface area is 196 Å². The van der Waals surface area contributed by atoms with Crippen LogP contribution < -0.4 is 0 Å². The Kier molecular flexibility index (Phi) is 7.39. The standard InChI is InChI=1S/C29H47NO2/c1-6-32-27-17-15-24(16-18-27)23-9-7-21(8-10-23)22-11-13-25(14-12-22)26-19-28(2,3)30(31)29(4,5)20-26/h11-14,21,23-24,26-27,31H,6-10,15-20H2,1-5H3. The van der Waals surface area contributed by atoms with E-state index < -0.39 is 0 Å². The lowest BCUT2D eigenvalue weighted by Gasteiger charge is -2.51. The van der Waals surface area contributed by atoms with Crippen LogP contribution in [0.25, 0.3) is 0 Å². The van der Waals surface area contributed by atoms with Crippen molar-refractivity contribution in [2.45, 2.75) is 128 Å². The Morgan fingerprint density at radius 1 is 0.750 bits per heavy atom. The second kappa shape index (κ2) is 9.76. The first-order valence-corrected chi connectivity index (χ1v) is 13.4. The highest BCUT2D eigenvalue weighted by Gasteiger charge is 2.45. The van der Waals surface area contributed by atoms with Gasteiger partial charge in [-0.1, -0.05) is 24.3 Å². The van der Waals surface area contributed by atoms with E-state index in [2.05, 4.69) is 58.9 Å². The molecule has 0 unspecified atom stereocenters. The van der Waals surface area contributed by atoms with Crippen molar-refractivity contribution in [3.63, 3.8) is 0 Å². The highest BCUT2D eigenvalue weighted by Crippen LogP contribution is 2.46. The Morgan fingerprint density at radius 3 is 1.66 bits per heavy atom. The first-order chi connectivity index (χ1) is 15.2. The van der Waals surface area contributed by atoms with Gasteiger partial charge in [0.05, 0.1) is 6.10 Å². The van der Waals surface area contributed by atoms with Gasteiger partial charge in [0.25, 0.3) is 0 Å². The van der Waals surface area contributed by atoms with Gasteiger partial charge in [-0.25, -0.2) is 0 Å². The summed E-state index contributed by atoms with van der Waals surface area (Å²) < 4.78 is 5.86. The van der Waals surface area contributed by atoms with E-state index in [9.17, 15) is 5.21 Å². The molecule has 1 heterocycles. The molecular formula is C29H47NO2. The van der Waals surface area contributed by atoms with Gasteiger partial charge in [0.2, 0.25) is 0 Å². The zero-order chi connectivity index (χ0) is 22.9. The zero-order valence-electron chi connectivity index (χ0n) is 21.3. The number of benzene rings is 1. The second-order valence-electron chi connectivity index (χ2n) is 12.3. The number of hydrogen-bond acceptors (Lipinski definition) is 3. The summed E-state index contributed by atoms with van der Waals surface area (Å²) in [5, 5.41) is 12.2. The smallest absolute Gasteiger partial charge is 0.0575 e. The lowest BCUT2D eigenvalue weighted by atomic mass is 9.69. The van der Waals surface area contributed by atoms with Gasteiger partial charge in [-0.2, -0.15) is 5.06 Å². The Hall–Kier alpha value is -0.900. The fraction of sp³-hybridized carbons (Fsp3) is 0.793.